The van der Waals surface area contributed by atoms with Crippen LogP contribution >= 0.6 is 23.1 Å². The number of anilines is 1. The molecule has 2 aromatic rings. The Morgan fingerprint density at radius 2 is 2.00 bits per heavy atom. The Balaban J connectivity index is 2.41. The number of nitrogens with two attached hydrogens (primary N) is 1. The lowest BCUT2D eigenvalue weighted by atomic mass is 10.1. The molecule has 0 spiro atoms. The van der Waals surface area contributed by atoms with Crippen LogP contribution in [-0.2, 0) is 14.1 Å². The lowest BCUT2D eigenvalue weighted by Gasteiger charge is -2.13. The van der Waals surface area contributed by atoms with Gasteiger partial charge >= 0.3 is 5.69 Å². The van der Waals surface area contributed by atoms with Crippen molar-refractivity contribution in [1.82, 2.24) is 14.1 Å². The van der Waals surface area contributed by atoms with E-state index in [0.717, 1.165) is 19.2 Å². The first-order valence-electron chi connectivity index (χ1n) is 6.42. The van der Waals surface area contributed by atoms with Gasteiger partial charge in [0.15, 0.2) is 10.1 Å². The molecule has 22 heavy (non-hydrogen) atoms. The molecule has 2 N–H and O–H groups in total. The zero-order chi connectivity index (χ0) is 16.6. The molecule has 0 bridgehead atoms. The van der Waals surface area contributed by atoms with Gasteiger partial charge in [0.2, 0.25) is 0 Å². The van der Waals surface area contributed by atoms with E-state index in [2.05, 4.69) is 4.98 Å². The maximum atomic E-state index is 12.6. The number of rotatable bonds is 4. The second kappa shape index (κ2) is 6.09. The molecule has 0 amide bonds. The summed E-state index contributed by atoms with van der Waals surface area (Å²) < 4.78 is 2.73. The largest absolute Gasteiger partial charge is 0.384 e. The number of carbonyl (C=O) groups excluding carboxylic acids is 1. The zero-order valence-corrected chi connectivity index (χ0v) is 14.2. The van der Waals surface area contributed by atoms with Gasteiger partial charge in [-0.3, -0.25) is 18.7 Å². The van der Waals surface area contributed by atoms with Crippen LogP contribution in [0.2, 0.25) is 0 Å². The van der Waals surface area contributed by atoms with E-state index in [0.29, 0.717) is 0 Å². The van der Waals surface area contributed by atoms with Gasteiger partial charge < -0.3 is 5.73 Å². The summed E-state index contributed by atoms with van der Waals surface area (Å²) in [5, 5.41) is 1.36. The van der Waals surface area contributed by atoms with Crippen LogP contribution < -0.4 is 17.0 Å². The average molecular weight is 340 g/mol. The Morgan fingerprint density at radius 1 is 1.36 bits per heavy atom. The third-order valence-corrected chi connectivity index (χ3v) is 5.39. The van der Waals surface area contributed by atoms with E-state index in [4.69, 9.17) is 5.73 Å². The third-order valence-electron chi connectivity index (χ3n) is 3.20. The van der Waals surface area contributed by atoms with Crippen molar-refractivity contribution in [1.29, 1.82) is 0 Å². The SMILES string of the molecule is Cc1csc(S[C@H](C)C(=O)c2c(N)n(C)c(=O)n(C)c2=O)n1. The van der Waals surface area contributed by atoms with Gasteiger partial charge in [-0.05, 0) is 13.8 Å². The normalized spacial score (nSPS) is 12.4. The average Bonchev–Trinajstić information content (AvgIpc) is 2.88. The molecule has 2 rings (SSSR count). The Kier molecular flexibility index (Phi) is 4.57. The highest BCUT2D eigenvalue weighted by atomic mass is 32.2. The summed E-state index contributed by atoms with van der Waals surface area (Å²) in [5.74, 6) is -0.521. The van der Waals surface area contributed by atoms with Gasteiger partial charge in [-0.2, -0.15) is 0 Å². The van der Waals surface area contributed by atoms with E-state index in [9.17, 15) is 14.4 Å². The Bertz CT molecular complexity index is 850. The summed E-state index contributed by atoms with van der Waals surface area (Å²) in [6.07, 6.45) is 0. The van der Waals surface area contributed by atoms with Crippen molar-refractivity contribution in [2.24, 2.45) is 14.1 Å². The highest BCUT2D eigenvalue weighted by Crippen LogP contribution is 2.28. The van der Waals surface area contributed by atoms with E-state index >= 15 is 0 Å². The van der Waals surface area contributed by atoms with Crippen molar-refractivity contribution in [2.75, 3.05) is 5.73 Å². The molecule has 2 heterocycles. The molecule has 0 saturated carbocycles. The summed E-state index contributed by atoms with van der Waals surface area (Å²) in [5.41, 5.74) is 5.29. The van der Waals surface area contributed by atoms with E-state index in [1.807, 2.05) is 12.3 Å². The quantitative estimate of drug-likeness (QED) is 0.652. The van der Waals surface area contributed by atoms with Crippen LogP contribution in [0.1, 0.15) is 23.0 Å². The monoisotopic (exact) mass is 340 g/mol. The van der Waals surface area contributed by atoms with Crippen LogP contribution in [0, 0.1) is 6.92 Å². The number of thiazole rings is 1. The lowest BCUT2D eigenvalue weighted by molar-refractivity contribution is 0.0992. The van der Waals surface area contributed by atoms with Crippen LogP contribution in [0.3, 0.4) is 0 Å². The minimum Gasteiger partial charge on any atom is -0.384 e. The number of aromatic nitrogens is 3. The molecule has 1 atom stereocenters. The number of Topliss-reactive ketones (excluding diaryl/α,β-unsaturated/α-hetero) is 1. The Morgan fingerprint density at radius 3 is 2.55 bits per heavy atom. The fourth-order valence-electron chi connectivity index (χ4n) is 1.89. The number of hydrogen-bond acceptors (Lipinski definition) is 7. The maximum Gasteiger partial charge on any atom is 0.332 e. The first-order chi connectivity index (χ1) is 10.2. The van der Waals surface area contributed by atoms with Crippen molar-refractivity contribution in [3.8, 4) is 0 Å². The molecule has 0 radical (unpaired) electrons. The predicted octanol–water partition coefficient (Wildman–Crippen LogP) is 0.795. The van der Waals surface area contributed by atoms with Crippen LogP contribution in [0.15, 0.2) is 19.3 Å². The molecule has 0 fully saturated rings. The van der Waals surface area contributed by atoms with Gasteiger partial charge in [0.25, 0.3) is 5.56 Å². The van der Waals surface area contributed by atoms with Crippen molar-refractivity contribution in [3.05, 3.63) is 37.5 Å². The maximum absolute atomic E-state index is 12.6. The van der Waals surface area contributed by atoms with Gasteiger partial charge in [-0.1, -0.05) is 11.8 Å². The van der Waals surface area contributed by atoms with E-state index in [-0.39, 0.29) is 11.4 Å². The molecule has 9 heteroatoms. The first kappa shape index (κ1) is 16.5. The fourth-order valence-corrected chi connectivity index (χ4v) is 3.93. The molecule has 118 valence electrons. The van der Waals surface area contributed by atoms with Crippen molar-refractivity contribution >= 4 is 34.7 Å². The number of nitrogen functional groups attached to an aromatic ring is 1. The number of ketones is 1. The number of hydrogen-bond donors (Lipinski definition) is 1. The van der Waals surface area contributed by atoms with Crippen molar-refractivity contribution in [2.45, 2.75) is 23.4 Å². The Hall–Kier alpha value is -1.87. The van der Waals surface area contributed by atoms with Gasteiger partial charge in [0, 0.05) is 25.2 Å². The standard InChI is InChI=1S/C13H16N4O3S2/c1-6-5-21-12(15-6)22-7(2)9(18)8-10(14)16(3)13(20)17(4)11(8)19/h5,7H,14H2,1-4H3/t7-/m1/s1. The van der Waals surface area contributed by atoms with Gasteiger partial charge in [0.1, 0.15) is 11.4 Å². The number of carbonyl (C=O) groups is 1. The molecule has 2 aromatic heterocycles. The second-order valence-electron chi connectivity index (χ2n) is 4.85. The molecule has 0 aliphatic rings. The minimum atomic E-state index is -0.673. The summed E-state index contributed by atoms with van der Waals surface area (Å²) in [6, 6.07) is 0. The highest BCUT2D eigenvalue weighted by molar-refractivity contribution is 8.02. The van der Waals surface area contributed by atoms with Crippen molar-refractivity contribution < 1.29 is 4.79 Å². The minimum absolute atomic E-state index is 0.110. The fraction of sp³-hybridized carbons (Fsp3) is 0.385. The number of thioether (sulfide) groups is 1. The molecular formula is C13H16N4O3S2. The summed E-state index contributed by atoms with van der Waals surface area (Å²) >= 11 is 2.70. The van der Waals surface area contributed by atoms with Crippen LogP contribution in [0.4, 0.5) is 5.82 Å². The highest BCUT2D eigenvalue weighted by Gasteiger charge is 2.25. The van der Waals surface area contributed by atoms with Crippen LogP contribution in [0.25, 0.3) is 0 Å². The molecule has 0 aliphatic heterocycles. The molecule has 0 saturated heterocycles. The summed E-state index contributed by atoms with van der Waals surface area (Å²) in [4.78, 5) is 40.8. The van der Waals surface area contributed by atoms with Crippen molar-refractivity contribution in [3.63, 3.8) is 0 Å². The molecule has 7 nitrogen and oxygen atoms in total. The molecule has 0 unspecified atom stereocenters. The smallest absolute Gasteiger partial charge is 0.332 e. The van der Waals surface area contributed by atoms with Gasteiger partial charge in [-0.25, -0.2) is 9.78 Å². The molecule has 0 aromatic carbocycles. The Labute approximate surface area is 134 Å². The van der Waals surface area contributed by atoms with Crippen LogP contribution in [-0.4, -0.2) is 25.2 Å². The summed E-state index contributed by atoms with van der Waals surface area (Å²) in [6.45, 7) is 3.56. The summed E-state index contributed by atoms with van der Waals surface area (Å²) in [7, 11) is 2.75. The number of nitrogens with zero attached hydrogens (tertiary/aromatic N) is 3. The lowest BCUT2D eigenvalue weighted by Crippen LogP contribution is -2.42. The van der Waals surface area contributed by atoms with Gasteiger partial charge in [-0.15, -0.1) is 11.3 Å². The molecule has 0 aliphatic carbocycles. The topological polar surface area (TPSA) is 100.0 Å². The number of aryl methyl sites for hydroxylation is 1. The van der Waals surface area contributed by atoms with E-state index in [1.54, 1.807) is 6.92 Å². The van der Waals surface area contributed by atoms with E-state index in [1.165, 1.54) is 37.2 Å². The van der Waals surface area contributed by atoms with E-state index < -0.39 is 22.3 Å². The first-order valence-corrected chi connectivity index (χ1v) is 8.18. The third kappa shape index (κ3) is 2.86. The predicted molar refractivity (Wildman–Crippen MR) is 87.8 cm³/mol. The second-order valence-corrected chi connectivity index (χ2v) is 7.29. The van der Waals surface area contributed by atoms with Crippen LogP contribution in [0.5, 0.6) is 0 Å². The molecular weight excluding hydrogens is 324 g/mol. The van der Waals surface area contributed by atoms with Gasteiger partial charge in [0.05, 0.1) is 5.25 Å². The zero-order valence-electron chi connectivity index (χ0n) is 12.6.